The van der Waals surface area contributed by atoms with Gasteiger partial charge >= 0.3 is 17.9 Å². The average Bonchev–Trinajstić information content (AvgIpc) is 2.93. The summed E-state index contributed by atoms with van der Waals surface area (Å²) in [6.07, 6.45) is 0. The lowest BCUT2D eigenvalue weighted by atomic mass is 10.2. The lowest BCUT2D eigenvalue weighted by molar-refractivity contribution is -0.989. The molecule has 3 atom stereocenters. The van der Waals surface area contributed by atoms with Gasteiger partial charge in [0.1, 0.15) is 58.4 Å². The fourth-order valence-corrected chi connectivity index (χ4v) is 4.89. The molecule has 0 saturated carbocycles. The molecule has 1 rings (SSSR count). The molecule has 1 saturated heterocycles. The number of likely N-dealkylation sites (N-methyl/N-ethyl adjacent to an activating group) is 1. The number of carbonyl (C=O) groups is 3. The number of rotatable bonds is 10. The van der Waals surface area contributed by atoms with Gasteiger partial charge in [0.05, 0.1) is 35.0 Å². The Morgan fingerprint density at radius 3 is 1.18 bits per heavy atom. The molecule has 1 fully saturated rings. The molecule has 13 heteroatoms. The summed E-state index contributed by atoms with van der Waals surface area (Å²) >= 11 is 0. The van der Waals surface area contributed by atoms with Crippen molar-refractivity contribution in [2.45, 2.75) is 6.04 Å². The predicted octanol–water partition coefficient (Wildman–Crippen LogP) is -0.785. The van der Waals surface area contributed by atoms with Crippen LogP contribution in [0.25, 0.3) is 0 Å². The first-order chi connectivity index (χ1) is 18.6. The molecule has 232 valence electrons. The van der Waals surface area contributed by atoms with Gasteiger partial charge in [-0.2, -0.15) is 0 Å². The molecule has 1 aliphatic rings. The van der Waals surface area contributed by atoms with Crippen LogP contribution in [0, 0.1) is 28.2 Å². The van der Waals surface area contributed by atoms with Gasteiger partial charge in [-0.05, 0) is 7.05 Å². The zero-order valence-corrected chi connectivity index (χ0v) is 25.5. The lowest BCUT2D eigenvalue weighted by Crippen LogP contribution is -2.65. The maximum atomic E-state index is 12.4. The van der Waals surface area contributed by atoms with Crippen LogP contribution in [0.2, 0.25) is 0 Å². The van der Waals surface area contributed by atoms with E-state index in [1.165, 1.54) is 21.3 Å². The molecule has 40 heavy (non-hydrogen) atoms. The molecule has 0 bridgehead atoms. The van der Waals surface area contributed by atoms with E-state index in [2.05, 4.69) is 38.5 Å². The standard InChI is InChI=1S/C27H52N6O7/c1-28-23(27(29-2)40-10)19-30(3)11-13-31(4,20-24(34)37-7)15-17-33(6,22-26(36)39-9)18-16-32(5,14-12-30)21-25(35)38-8/h23,28H,3-6,11-22H2,1-2,7-10H3. The highest BCUT2D eigenvalue weighted by molar-refractivity contribution is 5.81. The second kappa shape index (κ2) is 15.6. The van der Waals surface area contributed by atoms with E-state index in [4.69, 9.17) is 18.9 Å². The van der Waals surface area contributed by atoms with Crippen molar-refractivity contribution in [3.05, 3.63) is 28.2 Å². The van der Waals surface area contributed by atoms with E-state index >= 15 is 0 Å². The number of carbonyl (C=O) groups excluding carboxylic acids is 3. The smallest absolute Gasteiger partial charge is 0.359 e. The predicted molar refractivity (Wildman–Crippen MR) is 150 cm³/mol. The summed E-state index contributed by atoms with van der Waals surface area (Å²) in [6, 6.07) is -0.218. The Kier molecular flexibility index (Phi) is 13.9. The number of hydrogen-bond donors (Lipinski definition) is 1. The largest absolute Gasteiger partial charge is 0.483 e. The lowest BCUT2D eigenvalue weighted by Gasteiger charge is -2.54. The van der Waals surface area contributed by atoms with Crippen LogP contribution in [0.4, 0.5) is 0 Å². The van der Waals surface area contributed by atoms with Crippen molar-refractivity contribution in [1.82, 2.24) is 5.32 Å². The molecule has 0 spiro atoms. The minimum Gasteiger partial charge on any atom is -0.483 e. The molecular weight excluding hydrogens is 520 g/mol. The summed E-state index contributed by atoms with van der Waals surface area (Å²) in [5.41, 5.74) is 0. The third-order valence-electron chi connectivity index (χ3n) is 7.92. The van der Waals surface area contributed by atoms with Crippen LogP contribution >= 0.6 is 0 Å². The normalized spacial score (nSPS) is 31.2. The molecule has 3 unspecified atom stereocenters. The van der Waals surface area contributed by atoms with Gasteiger partial charge in [0.15, 0.2) is 19.6 Å². The Bertz CT molecular complexity index is 845. The molecule has 13 nitrogen and oxygen atoms in total. The van der Waals surface area contributed by atoms with Crippen LogP contribution in [-0.2, 0) is 33.3 Å². The molecule has 0 aromatic heterocycles. The van der Waals surface area contributed by atoms with Crippen LogP contribution < -0.4 is 5.32 Å². The molecule has 1 aliphatic heterocycles. The highest BCUT2D eigenvalue weighted by atomic mass is 16.5. The first-order valence-electron chi connectivity index (χ1n) is 13.3. The zero-order chi connectivity index (χ0) is 30.6. The van der Waals surface area contributed by atoms with Gasteiger partial charge in [-0.1, -0.05) is 0 Å². The number of hydrogen-bond acceptors (Lipinski definition) is 9. The topological polar surface area (TPSA) is 113 Å². The highest BCUT2D eigenvalue weighted by Gasteiger charge is 2.35. The first-order valence-corrected chi connectivity index (χ1v) is 13.3. The molecule has 1 N–H and O–H groups in total. The van der Waals surface area contributed by atoms with Crippen molar-refractivity contribution >= 4 is 23.8 Å². The molecular formula is C27H52N6O7. The van der Waals surface area contributed by atoms with E-state index in [0.29, 0.717) is 69.3 Å². The maximum absolute atomic E-state index is 12.4. The Morgan fingerprint density at radius 2 is 0.950 bits per heavy atom. The first kappa shape index (κ1) is 35.7. The number of methoxy groups -OCH3 is 4. The molecule has 0 aromatic rings. The molecule has 0 aliphatic carbocycles. The van der Waals surface area contributed by atoms with Gasteiger partial charge in [0.2, 0.25) is 5.90 Å². The van der Waals surface area contributed by atoms with Crippen LogP contribution in [0.3, 0.4) is 0 Å². The zero-order valence-electron chi connectivity index (χ0n) is 25.5. The Labute approximate surface area is 240 Å². The number of ether oxygens (including phenoxy) is 4. The minimum atomic E-state index is -0.398. The van der Waals surface area contributed by atoms with E-state index in [0.717, 1.165) is 0 Å². The maximum Gasteiger partial charge on any atom is 0.359 e. The molecule has 0 radical (unpaired) electrons. The van der Waals surface area contributed by atoms with Gasteiger partial charge in [-0.25, -0.2) is 14.4 Å². The Hall–Kier alpha value is -2.32. The van der Waals surface area contributed by atoms with Crippen LogP contribution in [0.1, 0.15) is 0 Å². The van der Waals surface area contributed by atoms with Crippen molar-refractivity contribution in [3.63, 3.8) is 0 Å². The number of esters is 3. The summed E-state index contributed by atoms with van der Waals surface area (Å²) in [6.45, 7) is 4.51. The highest BCUT2D eigenvalue weighted by Crippen LogP contribution is 2.19. The number of quaternary nitrogens is 4. The van der Waals surface area contributed by atoms with Crippen molar-refractivity contribution in [3.8, 4) is 0 Å². The second-order valence-electron chi connectivity index (χ2n) is 11.1. The summed E-state index contributed by atoms with van der Waals surface area (Å²) in [7, 11) is 27.0. The fraction of sp³-hybridized carbons (Fsp3) is 0.704. The van der Waals surface area contributed by atoms with Crippen LogP contribution in [-0.4, -0.2) is 169 Å². The van der Waals surface area contributed by atoms with Crippen LogP contribution in [0.15, 0.2) is 4.99 Å². The monoisotopic (exact) mass is 572 g/mol. The quantitative estimate of drug-likeness (QED) is 0.0906. The summed E-state index contributed by atoms with van der Waals surface area (Å²) in [5.74, 6) is -0.602. The van der Waals surface area contributed by atoms with Gasteiger partial charge in [-0.3, -0.25) is 4.99 Å². The van der Waals surface area contributed by atoms with E-state index < -0.39 is 5.97 Å². The van der Waals surface area contributed by atoms with Gasteiger partial charge in [0.25, 0.3) is 0 Å². The Morgan fingerprint density at radius 1 is 0.650 bits per heavy atom. The van der Waals surface area contributed by atoms with Crippen molar-refractivity contribution in [2.24, 2.45) is 4.99 Å². The molecule has 0 amide bonds. The van der Waals surface area contributed by atoms with Crippen molar-refractivity contribution in [2.75, 3.05) is 121 Å². The Balaban J connectivity index is 3.53. The molecule has 0 aromatic carbocycles. The minimum absolute atomic E-state index is 0.0300. The van der Waals surface area contributed by atoms with Gasteiger partial charge < -0.3 is 42.2 Å². The third kappa shape index (κ3) is 11.3. The van der Waals surface area contributed by atoms with Gasteiger partial charge in [-0.15, -0.1) is 28.2 Å². The average molecular weight is 573 g/mol. The van der Waals surface area contributed by atoms with E-state index in [9.17, 15) is 14.4 Å². The van der Waals surface area contributed by atoms with Crippen molar-refractivity contribution < 1.29 is 51.3 Å². The van der Waals surface area contributed by atoms with Crippen LogP contribution in [0.5, 0.6) is 0 Å². The second-order valence-corrected chi connectivity index (χ2v) is 11.1. The summed E-state index contributed by atoms with van der Waals surface area (Å²) in [5, 5.41) is 3.27. The van der Waals surface area contributed by atoms with E-state index in [1.807, 2.05) is 7.05 Å². The number of nitrogens with one attached hydrogen (secondary N) is 1. The number of nitrogens with zero attached hydrogens (tertiary/aromatic N) is 5. The summed E-state index contributed by atoms with van der Waals surface area (Å²) in [4.78, 5) is 41.5. The fourth-order valence-electron chi connectivity index (χ4n) is 4.89. The van der Waals surface area contributed by atoms with Crippen molar-refractivity contribution in [1.29, 1.82) is 0 Å². The van der Waals surface area contributed by atoms with Gasteiger partial charge in [0, 0.05) is 7.05 Å². The SMILES string of the molecule is [CH2-][N+]1(CC(=O)OC)CC[N+]([CH2-])(CC(=O)OC)CC[N+]([CH2-])(CC(NC)C(=NC)OC)CC[N+]([CH2-])(CC(=O)OC)CC1. The van der Waals surface area contributed by atoms with E-state index in [1.54, 1.807) is 14.2 Å². The summed E-state index contributed by atoms with van der Waals surface area (Å²) < 4.78 is 21.1. The third-order valence-corrected chi connectivity index (χ3v) is 7.92. The number of aliphatic imine (C=N–C) groups is 1. The molecule has 1 heterocycles. The van der Waals surface area contributed by atoms with E-state index in [-0.39, 0.29) is 51.1 Å².